The van der Waals surface area contributed by atoms with E-state index in [1.54, 1.807) is 0 Å². The quantitative estimate of drug-likeness (QED) is 0.861. The zero-order chi connectivity index (χ0) is 13.2. The molecule has 1 saturated heterocycles. The van der Waals surface area contributed by atoms with Crippen molar-refractivity contribution in [2.75, 3.05) is 18.0 Å². The van der Waals surface area contributed by atoms with E-state index in [4.69, 9.17) is 0 Å². The summed E-state index contributed by atoms with van der Waals surface area (Å²) < 4.78 is 0. The third-order valence-corrected chi connectivity index (χ3v) is 3.48. The molecule has 1 aliphatic rings. The average molecular weight is 253 g/mol. The SMILES string of the molecule is N#Cc1cc(-c2ccccc2)[nH]c1N1CCC(O)C1. The van der Waals surface area contributed by atoms with E-state index in [1.165, 1.54) is 0 Å². The Labute approximate surface area is 111 Å². The number of β-amino-alcohol motifs (C(OH)–C–C–N with tert-alkyl or cyclic N) is 1. The number of benzene rings is 1. The molecule has 0 saturated carbocycles. The first-order chi connectivity index (χ1) is 9.28. The third kappa shape index (κ3) is 2.20. The second kappa shape index (κ2) is 4.79. The van der Waals surface area contributed by atoms with Gasteiger partial charge in [-0.15, -0.1) is 0 Å². The fraction of sp³-hybridized carbons (Fsp3) is 0.267. The van der Waals surface area contributed by atoms with Crippen LogP contribution < -0.4 is 4.90 Å². The molecule has 1 fully saturated rings. The number of nitrogens with one attached hydrogen (secondary N) is 1. The summed E-state index contributed by atoms with van der Waals surface area (Å²) >= 11 is 0. The number of anilines is 1. The van der Waals surface area contributed by atoms with Crippen LogP contribution in [-0.2, 0) is 0 Å². The van der Waals surface area contributed by atoms with Crippen LogP contribution in [-0.4, -0.2) is 29.3 Å². The molecule has 96 valence electrons. The monoisotopic (exact) mass is 253 g/mol. The Hall–Kier alpha value is -2.25. The molecular formula is C15H15N3O. The Morgan fingerprint density at radius 1 is 1.32 bits per heavy atom. The minimum Gasteiger partial charge on any atom is -0.391 e. The van der Waals surface area contributed by atoms with E-state index in [9.17, 15) is 10.4 Å². The summed E-state index contributed by atoms with van der Waals surface area (Å²) in [5, 5.41) is 18.9. The van der Waals surface area contributed by atoms with Gasteiger partial charge in [0.15, 0.2) is 0 Å². The van der Waals surface area contributed by atoms with Crippen molar-refractivity contribution in [1.29, 1.82) is 5.26 Å². The summed E-state index contributed by atoms with van der Waals surface area (Å²) in [5.74, 6) is 0.818. The largest absolute Gasteiger partial charge is 0.391 e. The summed E-state index contributed by atoms with van der Waals surface area (Å²) in [6.45, 7) is 1.37. The lowest BCUT2D eigenvalue weighted by molar-refractivity contribution is 0.198. The fourth-order valence-electron chi connectivity index (χ4n) is 2.50. The van der Waals surface area contributed by atoms with Gasteiger partial charge in [-0.25, -0.2) is 0 Å². The molecular weight excluding hydrogens is 238 g/mol. The lowest BCUT2D eigenvalue weighted by Crippen LogP contribution is -2.22. The summed E-state index contributed by atoms with van der Waals surface area (Å²) in [6.07, 6.45) is 0.458. The summed E-state index contributed by atoms with van der Waals surface area (Å²) in [7, 11) is 0. The van der Waals surface area contributed by atoms with E-state index < -0.39 is 0 Å². The maximum Gasteiger partial charge on any atom is 0.124 e. The van der Waals surface area contributed by atoms with Gasteiger partial charge >= 0.3 is 0 Å². The Morgan fingerprint density at radius 3 is 2.74 bits per heavy atom. The highest BCUT2D eigenvalue weighted by Crippen LogP contribution is 2.29. The Kier molecular flexibility index (Phi) is 2.98. The third-order valence-electron chi connectivity index (χ3n) is 3.48. The second-order valence-electron chi connectivity index (χ2n) is 4.81. The van der Waals surface area contributed by atoms with Crippen LogP contribution in [0.1, 0.15) is 12.0 Å². The van der Waals surface area contributed by atoms with Crippen molar-refractivity contribution < 1.29 is 5.11 Å². The number of hydrogen-bond donors (Lipinski definition) is 2. The zero-order valence-corrected chi connectivity index (χ0v) is 10.5. The Morgan fingerprint density at radius 2 is 2.11 bits per heavy atom. The first-order valence-electron chi connectivity index (χ1n) is 6.39. The number of aliphatic hydroxyl groups is 1. The highest BCUT2D eigenvalue weighted by atomic mass is 16.3. The van der Waals surface area contributed by atoms with E-state index >= 15 is 0 Å². The minimum atomic E-state index is -0.296. The van der Waals surface area contributed by atoms with E-state index in [0.717, 1.165) is 30.0 Å². The van der Waals surface area contributed by atoms with E-state index in [1.807, 2.05) is 41.3 Å². The van der Waals surface area contributed by atoms with Crippen molar-refractivity contribution in [1.82, 2.24) is 4.98 Å². The molecule has 0 amide bonds. The van der Waals surface area contributed by atoms with Gasteiger partial charge in [0.1, 0.15) is 11.9 Å². The topological polar surface area (TPSA) is 63.0 Å². The smallest absolute Gasteiger partial charge is 0.124 e. The van der Waals surface area contributed by atoms with Crippen molar-refractivity contribution in [3.8, 4) is 17.3 Å². The van der Waals surface area contributed by atoms with Crippen LogP contribution in [0.5, 0.6) is 0 Å². The molecule has 2 heterocycles. The molecule has 0 spiro atoms. The Bertz CT molecular complexity index is 612. The van der Waals surface area contributed by atoms with Gasteiger partial charge in [-0.2, -0.15) is 5.26 Å². The molecule has 1 atom stereocenters. The van der Waals surface area contributed by atoms with Gasteiger partial charge in [0, 0.05) is 18.8 Å². The van der Waals surface area contributed by atoms with E-state index in [2.05, 4.69) is 11.1 Å². The Balaban J connectivity index is 1.98. The first-order valence-corrected chi connectivity index (χ1v) is 6.39. The average Bonchev–Trinajstić information content (AvgIpc) is 3.05. The van der Waals surface area contributed by atoms with E-state index in [-0.39, 0.29) is 6.10 Å². The summed E-state index contributed by atoms with van der Waals surface area (Å²) in [4.78, 5) is 5.34. The maximum absolute atomic E-state index is 9.61. The van der Waals surface area contributed by atoms with Crippen LogP contribution in [0.2, 0.25) is 0 Å². The highest BCUT2D eigenvalue weighted by molar-refractivity contribution is 5.69. The predicted octanol–water partition coefficient (Wildman–Crippen LogP) is 2.12. The number of H-pyrrole nitrogens is 1. The molecule has 19 heavy (non-hydrogen) atoms. The number of hydrogen-bond acceptors (Lipinski definition) is 3. The maximum atomic E-state index is 9.61. The number of aromatic nitrogens is 1. The standard InChI is InChI=1S/C15H15N3O/c16-9-12-8-14(11-4-2-1-3-5-11)17-15(12)18-7-6-13(19)10-18/h1-5,8,13,17,19H,6-7,10H2. The normalized spacial score (nSPS) is 18.5. The molecule has 0 radical (unpaired) electrons. The predicted molar refractivity (Wildman–Crippen MR) is 73.8 cm³/mol. The summed E-state index contributed by atoms with van der Waals surface area (Å²) in [5.41, 5.74) is 2.63. The molecule has 4 heteroatoms. The molecule has 2 aromatic rings. The van der Waals surface area contributed by atoms with Gasteiger partial charge in [0.25, 0.3) is 0 Å². The van der Waals surface area contributed by atoms with Crippen LogP contribution in [0.4, 0.5) is 5.82 Å². The number of aliphatic hydroxyl groups excluding tert-OH is 1. The lowest BCUT2D eigenvalue weighted by atomic mass is 10.1. The number of aromatic amines is 1. The number of nitriles is 1. The van der Waals surface area contributed by atoms with Gasteiger partial charge in [-0.05, 0) is 18.1 Å². The molecule has 0 bridgehead atoms. The number of rotatable bonds is 2. The molecule has 0 aliphatic carbocycles. The first kappa shape index (κ1) is 11.8. The van der Waals surface area contributed by atoms with Crippen LogP contribution in [0.3, 0.4) is 0 Å². The van der Waals surface area contributed by atoms with Gasteiger partial charge < -0.3 is 15.0 Å². The minimum absolute atomic E-state index is 0.296. The van der Waals surface area contributed by atoms with E-state index in [0.29, 0.717) is 12.1 Å². The van der Waals surface area contributed by atoms with Crippen molar-refractivity contribution in [3.05, 3.63) is 42.0 Å². The molecule has 1 aliphatic heterocycles. The van der Waals surface area contributed by atoms with Crippen LogP contribution in [0.15, 0.2) is 36.4 Å². The van der Waals surface area contributed by atoms with Crippen molar-refractivity contribution in [2.24, 2.45) is 0 Å². The van der Waals surface area contributed by atoms with Crippen LogP contribution in [0.25, 0.3) is 11.3 Å². The highest BCUT2D eigenvalue weighted by Gasteiger charge is 2.24. The fourth-order valence-corrected chi connectivity index (χ4v) is 2.50. The van der Waals surface area contributed by atoms with Gasteiger partial charge in [-0.1, -0.05) is 30.3 Å². The summed E-state index contributed by atoms with van der Waals surface area (Å²) in [6, 6.07) is 14.0. The molecule has 2 N–H and O–H groups in total. The van der Waals surface area contributed by atoms with Gasteiger partial charge in [0.05, 0.1) is 11.7 Å². The van der Waals surface area contributed by atoms with Crippen LogP contribution >= 0.6 is 0 Å². The molecule has 1 aromatic carbocycles. The zero-order valence-electron chi connectivity index (χ0n) is 10.5. The van der Waals surface area contributed by atoms with Crippen molar-refractivity contribution >= 4 is 5.82 Å². The molecule has 4 nitrogen and oxygen atoms in total. The lowest BCUT2D eigenvalue weighted by Gasteiger charge is -2.16. The van der Waals surface area contributed by atoms with Crippen LogP contribution in [0, 0.1) is 11.3 Å². The number of nitrogens with zero attached hydrogens (tertiary/aromatic N) is 2. The molecule has 1 unspecified atom stereocenters. The second-order valence-corrected chi connectivity index (χ2v) is 4.81. The van der Waals surface area contributed by atoms with Crippen molar-refractivity contribution in [2.45, 2.75) is 12.5 Å². The van der Waals surface area contributed by atoms with Gasteiger partial charge in [0.2, 0.25) is 0 Å². The van der Waals surface area contributed by atoms with Gasteiger partial charge in [-0.3, -0.25) is 0 Å². The molecule has 1 aromatic heterocycles. The molecule has 3 rings (SSSR count). The van der Waals surface area contributed by atoms with Crippen molar-refractivity contribution in [3.63, 3.8) is 0 Å².